The lowest BCUT2D eigenvalue weighted by atomic mass is 9.97. The van der Waals surface area contributed by atoms with Crippen LogP contribution < -0.4 is 5.73 Å². The van der Waals surface area contributed by atoms with Gasteiger partial charge in [0.15, 0.2) is 0 Å². The number of esters is 1. The van der Waals surface area contributed by atoms with Crippen LogP contribution in [0, 0.1) is 0 Å². The van der Waals surface area contributed by atoms with Crippen molar-refractivity contribution in [1.82, 2.24) is 0 Å². The summed E-state index contributed by atoms with van der Waals surface area (Å²) in [6.07, 6.45) is -0.455. The summed E-state index contributed by atoms with van der Waals surface area (Å²) < 4.78 is 5.29. The van der Waals surface area contributed by atoms with Crippen LogP contribution in [0.3, 0.4) is 0 Å². The van der Waals surface area contributed by atoms with E-state index in [1.165, 1.54) is 6.08 Å². The van der Waals surface area contributed by atoms with Crippen LogP contribution in [-0.2, 0) is 9.53 Å². The van der Waals surface area contributed by atoms with Crippen molar-refractivity contribution in [3.63, 3.8) is 0 Å². The molecule has 0 aliphatic carbocycles. The number of hydrogen-bond acceptors (Lipinski definition) is 3. The Bertz CT molecular complexity index is 664. The van der Waals surface area contributed by atoms with Crippen molar-refractivity contribution < 1.29 is 19.4 Å². The Labute approximate surface area is 135 Å². The predicted molar refractivity (Wildman–Crippen MR) is 88.8 cm³/mol. The third-order valence-electron chi connectivity index (χ3n) is 2.94. The molecule has 2 rings (SSSR count). The first-order valence-corrected chi connectivity index (χ1v) is 6.91. The lowest BCUT2D eigenvalue weighted by Gasteiger charge is -2.16. The second-order valence-corrected chi connectivity index (χ2v) is 4.57. The number of ether oxygens (including phenoxy) is 1. The number of hydrogen-bond donors (Lipinski definition) is 2. The predicted octanol–water partition coefficient (Wildman–Crippen LogP) is 3.77. The Kier molecular flexibility index (Phi) is 7.07. The summed E-state index contributed by atoms with van der Waals surface area (Å²) >= 11 is 0. The fraction of sp³-hybridized carbons (Fsp3) is 0.111. The number of carbonyl (C=O) groups excluding carboxylic acids is 1. The Hall–Kier alpha value is -3.08. The molecule has 0 saturated heterocycles. The normalized spacial score (nSPS) is 10.7. The number of primary amides is 1. The molecule has 2 aromatic rings. The minimum Gasteiger partial charge on any atom is -0.465 e. The number of benzene rings is 2. The van der Waals surface area contributed by atoms with Gasteiger partial charge in [0.05, 0.1) is 0 Å². The number of carbonyl (C=O) groups is 2. The Balaban J connectivity index is 0.000000593. The molecular formula is C18H19NO4. The van der Waals surface area contributed by atoms with Crippen LogP contribution in [0.25, 0.3) is 11.1 Å². The van der Waals surface area contributed by atoms with Crippen molar-refractivity contribution in [1.29, 1.82) is 0 Å². The van der Waals surface area contributed by atoms with Crippen molar-refractivity contribution in [2.45, 2.75) is 13.0 Å². The second kappa shape index (κ2) is 9.04. The van der Waals surface area contributed by atoms with Gasteiger partial charge in [-0.15, -0.1) is 0 Å². The molecule has 5 nitrogen and oxygen atoms in total. The minimum absolute atomic E-state index is 0.304. The minimum atomic E-state index is -1.33. The molecule has 3 N–H and O–H groups in total. The number of nitrogens with two attached hydrogens (primary N) is 1. The van der Waals surface area contributed by atoms with Gasteiger partial charge in [0.2, 0.25) is 0 Å². The molecule has 2 aromatic carbocycles. The molecule has 0 heterocycles. The van der Waals surface area contributed by atoms with E-state index >= 15 is 0 Å². The summed E-state index contributed by atoms with van der Waals surface area (Å²) in [6, 6.07) is 18.0. The monoisotopic (exact) mass is 313 g/mol. The molecule has 1 atom stereocenters. The third kappa shape index (κ3) is 6.05. The highest BCUT2D eigenvalue weighted by molar-refractivity contribution is 5.81. The first-order valence-electron chi connectivity index (χ1n) is 6.91. The van der Waals surface area contributed by atoms with Crippen molar-refractivity contribution in [2.75, 3.05) is 0 Å². The molecule has 0 radical (unpaired) electrons. The lowest BCUT2D eigenvalue weighted by Crippen LogP contribution is -2.06. The van der Waals surface area contributed by atoms with Gasteiger partial charge in [-0.1, -0.05) is 61.2 Å². The van der Waals surface area contributed by atoms with Crippen molar-refractivity contribution in [3.8, 4) is 11.1 Å². The topological polar surface area (TPSA) is 89.6 Å². The van der Waals surface area contributed by atoms with Gasteiger partial charge in [0, 0.05) is 6.08 Å². The smallest absolute Gasteiger partial charge is 0.402 e. The Morgan fingerprint density at radius 1 is 1.13 bits per heavy atom. The SMILES string of the molecule is C=CC(=O)OC(C)c1ccccc1-c1ccccc1.NC(=O)O. The van der Waals surface area contributed by atoms with Crippen molar-refractivity contribution >= 4 is 12.1 Å². The highest BCUT2D eigenvalue weighted by atomic mass is 16.5. The van der Waals surface area contributed by atoms with Gasteiger partial charge in [-0.05, 0) is 23.6 Å². The molecule has 120 valence electrons. The summed E-state index contributed by atoms with van der Waals surface area (Å²) in [6.45, 7) is 5.28. The van der Waals surface area contributed by atoms with Crippen molar-refractivity contribution in [3.05, 3.63) is 72.8 Å². The van der Waals surface area contributed by atoms with Crippen LogP contribution >= 0.6 is 0 Å². The lowest BCUT2D eigenvalue weighted by molar-refractivity contribution is -0.142. The summed E-state index contributed by atoms with van der Waals surface area (Å²) in [5.41, 5.74) is 7.20. The molecule has 0 saturated carbocycles. The van der Waals surface area contributed by atoms with Crippen LogP contribution in [0.1, 0.15) is 18.6 Å². The van der Waals surface area contributed by atoms with Gasteiger partial charge in [-0.2, -0.15) is 0 Å². The fourth-order valence-electron chi connectivity index (χ4n) is 2.02. The van der Waals surface area contributed by atoms with E-state index in [1.807, 2.05) is 61.5 Å². The molecule has 0 fully saturated rings. The van der Waals surface area contributed by atoms with Crippen LogP contribution in [0.15, 0.2) is 67.3 Å². The number of amides is 1. The maximum atomic E-state index is 11.3. The fourth-order valence-corrected chi connectivity index (χ4v) is 2.02. The first-order chi connectivity index (χ1) is 11.0. The standard InChI is InChI=1S/C17H16O2.CH3NO2/c1-3-17(18)19-13(2)15-11-7-8-12-16(15)14-9-5-4-6-10-14;2-1(3)4/h3-13H,1H2,2H3;2H2,(H,3,4). The summed E-state index contributed by atoms with van der Waals surface area (Å²) in [4.78, 5) is 20.1. The molecule has 0 spiro atoms. The first kappa shape index (κ1) is 18.0. The Morgan fingerprint density at radius 3 is 2.22 bits per heavy atom. The third-order valence-corrected chi connectivity index (χ3v) is 2.94. The summed E-state index contributed by atoms with van der Waals surface area (Å²) in [5, 5.41) is 7.19. The van der Waals surface area contributed by atoms with E-state index in [-0.39, 0.29) is 6.10 Å². The molecule has 0 aromatic heterocycles. The van der Waals surface area contributed by atoms with Crippen LogP contribution in [0.2, 0.25) is 0 Å². The van der Waals surface area contributed by atoms with Gasteiger partial charge < -0.3 is 15.6 Å². The molecule has 0 aliphatic rings. The number of rotatable bonds is 4. The molecule has 1 amide bonds. The molecule has 0 aliphatic heterocycles. The maximum absolute atomic E-state index is 11.3. The summed E-state index contributed by atoms with van der Waals surface area (Å²) in [5.74, 6) is -0.407. The van der Waals surface area contributed by atoms with Gasteiger partial charge in [0.1, 0.15) is 6.10 Å². The molecule has 1 unspecified atom stereocenters. The highest BCUT2D eigenvalue weighted by Gasteiger charge is 2.14. The molecule has 23 heavy (non-hydrogen) atoms. The largest absolute Gasteiger partial charge is 0.465 e. The maximum Gasteiger partial charge on any atom is 0.402 e. The van der Waals surface area contributed by atoms with Crippen molar-refractivity contribution in [2.24, 2.45) is 5.73 Å². The quantitative estimate of drug-likeness (QED) is 0.664. The van der Waals surface area contributed by atoms with Crippen LogP contribution in [0.5, 0.6) is 0 Å². The van der Waals surface area contributed by atoms with Gasteiger partial charge in [-0.25, -0.2) is 9.59 Å². The summed E-state index contributed by atoms with van der Waals surface area (Å²) in [7, 11) is 0. The van der Waals surface area contributed by atoms with E-state index in [9.17, 15) is 4.79 Å². The molecule has 5 heteroatoms. The van der Waals surface area contributed by atoms with Crippen LogP contribution in [0.4, 0.5) is 4.79 Å². The Morgan fingerprint density at radius 2 is 1.65 bits per heavy atom. The highest BCUT2D eigenvalue weighted by Crippen LogP contribution is 2.29. The van der Waals surface area contributed by atoms with E-state index < -0.39 is 12.1 Å². The van der Waals surface area contributed by atoms with E-state index in [0.29, 0.717) is 0 Å². The van der Waals surface area contributed by atoms with E-state index in [4.69, 9.17) is 14.6 Å². The van der Waals surface area contributed by atoms with E-state index in [0.717, 1.165) is 16.7 Å². The zero-order valence-electron chi connectivity index (χ0n) is 12.8. The zero-order chi connectivity index (χ0) is 17.2. The average molecular weight is 313 g/mol. The molecular weight excluding hydrogens is 294 g/mol. The van der Waals surface area contributed by atoms with Crippen LogP contribution in [-0.4, -0.2) is 17.2 Å². The van der Waals surface area contributed by atoms with Gasteiger partial charge in [-0.3, -0.25) is 0 Å². The second-order valence-electron chi connectivity index (χ2n) is 4.57. The zero-order valence-corrected chi connectivity index (χ0v) is 12.8. The van der Waals surface area contributed by atoms with Gasteiger partial charge in [0.25, 0.3) is 0 Å². The van der Waals surface area contributed by atoms with Gasteiger partial charge >= 0.3 is 12.1 Å². The van der Waals surface area contributed by atoms with E-state index in [2.05, 4.69) is 12.3 Å². The number of carboxylic acid groups (broad SMARTS) is 1. The van der Waals surface area contributed by atoms with E-state index in [1.54, 1.807) is 0 Å². The molecule has 0 bridgehead atoms. The average Bonchev–Trinajstić information content (AvgIpc) is 2.55.